The summed E-state index contributed by atoms with van der Waals surface area (Å²) >= 11 is 0. The van der Waals surface area contributed by atoms with Crippen molar-refractivity contribution in [1.82, 2.24) is 5.43 Å². The molecule has 1 aromatic rings. The van der Waals surface area contributed by atoms with Crippen LogP contribution in [0.25, 0.3) is 0 Å². The monoisotopic (exact) mass is 494 g/mol. The number of phenolic OH excluding ortho intramolecular Hbond substituents is 1. The first kappa shape index (κ1) is 25.8. The van der Waals surface area contributed by atoms with Gasteiger partial charge in [0.2, 0.25) is 5.91 Å². The number of aliphatic hydroxyl groups excluding tert-OH is 1. The van der Waals surface area contributed by atoms with Crippen LogP contribution < -0.4 is 5.43 Å². The normalized spacial score (nSPS) is 40.8. The van der Waals surface area contributed by atoms with Crippen molar-refractivity contribution in [2.24, 2.45) is 51.4 Å². The second-order valence-corrected chi connectivity index (χ2v) is 13.2. The summed E-state index contributed by atoms with van der Waals surface area (Å²) in [6.45, 7) is 7.51. The predicted octanol–water partition coefficient (Wildman–Crippen LogP) is 6.28. The summed E-state index contributed by atoms with van der Waals surface area (Å²) in [6.07, 6.45) is 14.1. The van der Waals surface area contributed by atoms with Gasteiger partial charge in [0.05, 0.1) is 12.3 Å². The molecule has 0 spiro atoms. The van der Waals surface area contributed by atoms with E-state index in [0.717, 1.165) is 42.9 Å². The Morgan fingerprint density at radius 3 is 2.64 bits per heavy atom. The molecule has 5 nitrogen and oxygen atoms in total. The van der Waals surface area contributed by atoms with E-state index in [1.807, 2.05) is 6.07 Å². The Morgan fingerprint density at radius 1 is 1.08 bits per heavy atom. The number of carbonyl (C=O) groups is 1. The van der Waals surface area contributed by atoms with Crippen LogP contribution in [0.15, 0.2) is 29.4 Å². The lowest BCUT2D eigenvalue weighted by Crippen LogP contribution is -2.54. The smallest absolute Gasteiger partial charge is 0.240 e. The molecule has 0 aromatic heterocycles. The van der Waals surface area contributed by atoms with Crippen molar-refractivity contribution in [2.45, 2.75) is 97.5 Å². The maximum atomic E-state index is 12.5. The molecule has 4 saturated carbocycles. The number of hydrazone groups is 1. The third kappa shape index (κ3) is 4.61. The van der Waals surface area contributed by atoms with E-state index < -0.39 is 0 Å². The molecule has 1 amide bonds. The number of para-hydroxylation sites is 1. The largest absolute Gasteiger partial charge is 0.507 e. The van der Waals surface area contributed by atoms with Crippen molar-refractivity contribution in [3.05, 3.63) is 29.8 Å². The average Bonchev–Trinajstić information content (AvgIpc) is 3.21. The predicted molar refractivity (Wildman–Crippen MR) is 143 cm³/mol. The molecule has 3 N–H and O–H groups in total. The summed E-state index contributed by atoms with van der Waals surface area (Å²) in [4.78, 5) is 12.5. The Labute approximate surface area is 217 Å². The van der Waals surface area contributed by atoms with Gasteiger partial charge in [0.25, 0.3) is 0 Å². The van der Waals surface area contributed by atoms with E-state index in [4.69, 9.17) is 0 Å². The topological polar surface area (TPSA) is 81.9 Å². The highest BCUT2D eigenvalue weighted by Crippen LogP contribution is 2.68. The average molecular weight is 495 g/mol. The first-order chi connectivity index (χ1) is 17.2. The summed E-state index contributed by atoms with van der Waals surface area (Å²) in [7, 11) is 0. The van der Waals surface area contributed by atoms with Gasteiger partial charge in [0.15, 0.2) is 0 Å². The van der Waals surface area contributed by atoms with Crippen molar-refractivity contribution in [1.29, 1.82) is 0 Å². The van der Waals surface area contributed by atoms with E-state index in [0.29, 0.717) is 34.7 Å². The number of amides is 1. The Bertz CT molecular complexity index is 978. The number of nitrogens with zero attached hydrogens (tertiary/aromatic N) is 1. The summed E-state index contributed by atoms with van der Waals surface area (Å²) in [5.41, 5.74) is 4.07. The van der Waals surface area contributed by atoms with E-state index in [2.05, 4.69) is 31.3 Å². The zero-order valence-electron chi connectivity index (χ0n) is 22.5. The first-order valence-electron chi connectivity index (χ1n) is 14.5. The molecule has 1 aromatic carbocycles. The van der Waals surface area contributed by atoms with Gasteiger partial charge < -0.3 is 10.2 Å². The van der Waals surface area contributed by atoms with Crippen LogP contribution in [-0.4, -0.2) is 28.4 Å². The summed E-state index contributed by atoms with van der Waals surface area (Å²) < 4.78 is 0. The lowest BCUT2D eigenvalue weighted by molar-refractivity contribution is -0.129. The van der Waals surface area contributed by atoms with Crippen molar-refractivity contribution in [3.63, 3.8) is 0 Å². The minimum Gasteiger partial charge on any atom is -0.507 e. The minimum atomic E-state index is -0.0708. The third-order valence-electron chi connectivity index (χ3n) is 11.6. The molecule has 5 heteroatoms. The second-order valence-electron chi connectivity index (χ2n) is 13.2. The Kier molecular flexibility index (Phi) is 7.24. The Morgan fingerprint density at radius 2 is 1.83 bits per heavy atom. The molecule has 0 bridgehead atoms. The van der Waals surface area contributed by atoms with Crippen molar-refractivity contribution in [3.8, 4) is 5.75 Å². The highest BCUT2D eigenvalue weighted by molar-refractivity contribution is 5.84. The highest BCUT2D eigenvalue weighted by atomic mass is 16.3. The maximum Gasteiger partial charge on any atom is 0.240 e. The molecule has 9 atom stereocenters. The number of benzene rings is 1. The van der Waals surface area contributed by atoms with Crippen LogP contribution in [0.2, 0.25) is 0 Å². The molecule has 36 heavy (non-hydrogen) atoms. The third-order valence-corrected chi connectivity index (χ3v) is 11.6. The molecule has 0 aliphatic heterocycles. The van der Waals surface area contributed by atoms with Crippen molar-refractivity contribution in [2.75, 3.05) is 0 Å². The molecule has 4 fully saturated rings. The number of aromatic hydroxyl groups is 1. The summed E-state index contributed by atoms with van der Waals surface area (Å²) in [5.74, 6) is 4.56. The number of hydrogen-bond donors (Lipinski definition) is 3. The first-order valence-corrected chi connectivity index (χ1v) is 14.5. The summed E-state index contributed by atoms with van der Waals surface area (Å²) in [5, 5.41) is 24.2. The standard InChI is InChI=1S/C31H46N2O3/c1-20(8-13-29(36)33-32-19-21-6-4-5-7-28(21)35)25-11-12-26-24-10-9-22-18-23(34)14-16-30(22,2)27(24)15-17-31(25,26)3/h4-7,19-20,22-27,34-35H,8-18H2,1-3H3,(H,33,36)/t20-,22?,23-,24+,25-,26+,27+,30+,31-/m1/s1. The van der Waals surface area contributed by atoms with Gasteiger partial charge in [-0.3, -0.25) is 4.79 Å². The highest BCUT2D eigenvalue weighted by Gasteiger charge is 2.60. The maximum absolute atomic E-state index is 12.5. The number of fused-ring (bicyclic) bond motifs is 5. The van der Waals surface area contributed by atoms with Crippen LogP contribution in [0.5, 0.6) is 5.75 Å². The van der Waals surface area contributed by atoms with Gasteiger partial charge in [-0.05, 0) is 123 Å². The van der Waals surface area contributed by atoms with E-state index in [-0.39, 0.29) is 17.8 Å². The van der Waals surface area contributed by atoms with Gasteiger partial charge in [-0.15, -0.1) is 0 Å². The second kappa shape index (κ2) is 10.1. The van der Waals surface area contributed by atoms with Crippen LogP contribution in [0.1, 0.15) is 97.0 Å². The van der Waals surface area contributed by atoms with E-state index in [9.17, 15) is 15.0 Å². The van der Waals surface area contributed by atoms with Crippen LogP contribution in [0, 0.1) is 46.3 Å². The molecule has 4 aliphatic carbocycles. The zero-order valence-corrected chi connectivity index (χ0v) is 22.5. The van der Waals surface area contributed by atoms with E-state index in [1.54, 1.807) is 18.2 Å². The van der Waals surface area contributed by atoms with Gasteiger partial charge in [0.1, 0.15) is 5.75 Å². The molecule has 0 radical (unpaired) electrons. The quantitative estimate of drug-likeness (QED) is 0.322. The van der Waals surface area contributed by atoms with Crippen molar-refractivity contribution < 1.29 is 15.0 Å². The number of carbonyl (C=O) groups excluding carboxylic acids is 1. The van der Waals surface area contributed by atoms with Gasteiger partial charge in [-0.1, -0.05) is 32.9 Å². The molecule has 5 rings (SSSR count). The Hall–Kier alpha value is -1.88. The molecule has 0 heterocycles. The van der Waals surface area contributed by atoms with Crippen LogP contribution in [0.4, 0.5) is 0 Å². The van der Waals surface area contributed by atoms with Crippen LogP contribution in [-0.2, 0) is 4.79 Å². The number of phenols is 1. The van der Waals surface area contributed by atoms with Gasteiger partial charge in [-0.2, -0.15) is 5.10 Å². The number of rotatable bonds is 6. The molecular weight excluding hydrogens is 448 g/mol. The summed E-state index contributed by atoms with van der Waals surface area (Å²) in [6, 6.07) is 6.97. The molecule has 1 unspecified atom stereocenters. The van der Waals surface area contributed by atoms with Crippen LogP contribution >= 0.6 is 0 Å². The Balaban J connectivity index is 1.17. The zero-order chi connectivity index (χ0) is 25.5. The van der Waals surface area contributed by atoms with Crippen molar-refractivity contribution >= 4 is 12.1 Å². The van der Waals surface area contributed by atoms with Gasteiger partial charge in [0, 0.05) is 12.0 Å². The minimum absolute atomic E-state index is 0.0531. The fourth-order valence-corrected chi connectivity index (χ4v) is 9.60. The fourth-order valence-electron chi connectivity index (χ4n) is 9.60. The molecular formula is C31H46N2O3. The van der Waals surface area contributed by atoms with Crippen LogP contribution in [0.3, 0.4) is 0 Å². The molecule has 4 aliphatic rings. The lowest BCUT2D eigenvalue weighted by Gasteiger charge is -2.61. The van der Waals surface area contributed by atoms with E-state index in [1.165, 1.54) is 51.2 Å². The van der Waals surface area contributed by atoms with E-state index >= 15 is 0 Å². The van der Waals surface area contributed by atoms with Gasteiger partial charge >= 0.3 is 0 Å². The fraction of sp³-hybridized carbons (Fsp3) is 0.742. The number of aliphatic hydroxyl groups is 1. The lowest BCUT2D eigenvalue weighted by atomic mass is 9.44. The van der Waals surface area contributed by atoms with Gasteiger partial charge in [-0.25, -0.2) is 5.43 Å². The SMILES string of the molecule is C[C@H](CCC(=O)NN=Cc1ccccc1O)[C@H]1CC[C@H]2[C@@H]3CCC4C[C@H](O)CC[C@]4(C)[C@H]3CC[C@]12C. The number of hydrogen-bond acceptors (Lipinski definition) is 4. The molecule has 0 saturated heterocycles. The molecule has 198 valence electrons. The number of nitrogens with one attached hydrogen (secondary N) is 1.